The molecule has 0 aromatic heterocycles. The Labute approximate surface area is 46.7 Å². The van der Waals surface area contributed by atoms with E-state index in [-0.39, 0.29) is 6.61 Å². The van der Waals surface area contributed by atoms with Gasteiger partial charge in [0.15, 0.2) is 0 Å². The standard InChI is InChI=1S/C4H7O4/c5-1-4(7)2-8-3-6/h4-5,7H,1-2H2. The van der Waals surface area contributed by atoms with Crippen LogP contribution in [0.3, 0.4) is 0 Å². The summed E-state index contributed by atoms with van der Waals surface area (Å²) in [6.45, 7) is 0.516. The third-order valence-electron chi connectivity index (χ3n) is 0.545. The van der Waals surface area contributed by atoms with Gasteiger partial charge in [-0.25, -0.2) is 4.79 Å². The van der Waals surface area contributed by atoms with Crippen LogP contribution in [0.15, 0.2) is 0 Å². The Morgan fingerprint density at radius 1 is 1.75 bits per heavy atom. The fourth-order valence-corrected chi connectivity index (χ4v) is 0.183. The Bertz CT molecular complexity index is 63.1. The van der Waals surface area contributed by atoms with Crippen molar-refractivity contribution < 1.29 is 19.7 Å². The molecule has 1 atom stereocenters. The predicted octanol–water partition coefficient (Wildman–Crippen LogP) is -1.58. The second kappa shape index (κ2) is 4.55. The molecule has 4 heteroatoms. The van der Waals surface area contributed by atoms with Crippen LogP contribution >= 0.6 is 0 Å². The zero-order chi connectivity index (χ0) is 6.41. The van der Waals surface area contributed by atoms with Gasteiger partial charge >= 0.3 is 6.47 Å². The van der Waals surface area contributed by atoms with E-state index < -0.39 is 12.7 Å². The van der Waals surface area contributed by atoms with Gasteiger partial charge in [-0.15, -0.1) is 0 Å². The number of aliphatic hydroxyl groups is 2. The molecule has 8 heavy (non-hydrogen) atoms. The van der Waals surface area contributed by atoms with E-state index in [9.17, 15) is 4.79 Å². The van der Waals surface area contributed by atoms with E-state index in [2.05, 4.69) is 4.74 Å². The number of carbonyl (C=O) groups excluding carboxylic acids is 1. The maximum absolute atomic E-state index is 9.29. The topological polar surface area (TPSA) is 66.8 Å². The number of ether oxygens (including phenoxy) is 1. The van der Waals surface area contributed by atoms with Crippen LogP contribution in [0.25, 0.3) is 0 Å². The predicted molar refractivity (Wildman–Crippen MR) is 24.7 cm³/mol. The molecular weight excluding hydrogens is 112 g/mol. The molecule has 0 saturated heterocycles. The van der Waals surface area contributed by atoms with E-state index in [1.165, 1.54) is 0 Å². The lowest BCUT2D eigenvalue weighted by Crippen LogP contribution is -2.18. The van der Waals surface area contributed by atoms with Crippen molar-refractivity contribution in [3.63, 3.8) is 0 Å². The summed E-state index contributed by atoms with van der Waals surface area (Å²) in [5.74, 6) is 0. The van der Waals surface area contributed by atoms with E-state index >= 15 is 0 Å². The van der Waals surface area contributed by atoms with Gasteiger partial charge in [-0.2, -0.15) is 0 Å². The van der Waals surface area contributed by atoms with Crippen molar-refractivity contribution >= 4 is 6.47 Å². The van der Waals surface area contributed by atoms with Gasteiger partial charge in [-0.3, -0.25) is 0 Å². The van der Waals surface area contributed by atoms with Crippen LogP contribution in [0.1, 0.15) is 0 Å². The largest absolute Gasteiger partial charge is 0.454 e. The van der Waals surface area contributed by atoms with E-state index in [0.29, 0.717) is 0 Å². The highest BCUT2D eigenvalue weighted by Gasteiger charge is 1.99. The van der Waals surface area contributed by atoms with Gasteiger partial charge in [-0.05, 0) is 0 Å². The first-order valence-electron chi connectivity index (χ1n) is 2.09. The van der Waals surface area contributed by atoms with Crippen molar-refractivity contribution in [3.8, 4) is 0 Å². The summed E-state index contributed by atoms with van der Waals surface area (Å²) < 4.78 is 3.97. The molecule has 0 aromatic carbocycles. The van der Waals surface area contributed by atoms with Gasteiger partial charge in [0.2, 0.25) is 0 Å². The van der Waals surface area contributed by atoms with Crippen molar-refractivity contribution in [2.24, 2.45) is 0 Å². The first-order valence-corrected chi connectivity index (χ1v) is 2.09. The van der Waals surface area contributed by atoms with Crippen LogP contribution in [0.5, 0.6) is 0 Å². The SMILES string of the molecule is O=[C]OCC(O)CO. The van der Waals surface area contributed by atoms with Crippen LogP contribution in [-0.4, -0.2) is 36.0 Å². The Hall–Kier alpha value is -0.610. The van der Waals surface area contributed by atoms with Gasteiger partial charge in [-0.1, -0.05) is 0 Å². The normalized spacial score (nSPS) is 12.8. The molecule has 1 unspecified atom stereocenters. The lowest BCUT2D eigenvalue weighted by atomic mass is 10.4. The summed E-state index contributed by atoms with van der Waals surface area (Å²) in [4.78, 5) is 9.29. The molecule has 0 aromatic rings. The maximum Gasteiger partial charge on any atom is 0.417 e. The summed E-state index contributed by atoms with van der Waals surface area (Å²) in [7, 11) is 0. The second-order valence-electron chi connectivity index (χ2n) is 1.23. The molecule has 0 aliphatic carbocycles. The van der Waals surface area contributed by atoms with Crippen LogP contribution in [0.4, 0.5) is 0 Å². The number of hydrogen-bond acceptors (Lipinski definition) is 4. The van der Waals surface area contributed by atoms with Crippen LogP contribution in [0, 0.1) is 0 Å². The molecule has 0 bridgehead atoms. The van der Waals surface area contributed by atoms with Gasteiger partial charge in [0.25, 0.3) is 0 Å². The lowest BCUT2D eigenvalue weighted by Gasteiger charge is -2.01. The van der Waals surface area contributed by atoms with E-state index in [4.69, 9.17) is 10.2 Å². The molecule has 1 radical (unpaired) electrons. The zero-order valence-electron chi connectivity index (χ0n) is 4.20. The highest BCUT2D eigenvalue weighted by Crippen LogP contribution is 1.78. The number of hydrogen-bond donors (Lipinski definition) is 2. The minimum atomic E-state index is -0.976. The quantitative estimate of drug-likeness (QED) is 0.469. The van der Waals surface area contributed by atoms with Gasteiger partial charge < -0.3 is 14.9 Å². The minimum absolute atomic E-state index is 0.194. The van der Waals surface area contributed by atoms with Crippen molar-refractivity contribution in [2.45, 2.75) is 6.10 Å². The molecule has 0 heterocycles. The van der Waals surface area contributed by atoms with Crippen LogP contribution in [0.2, 0.25) is 0 Å². The molecule has 0 saturated carbocycles. The first kappa shape index (κ1) is 7.39. The average molecular weight is 119 g/mol. The molecular formula is C4H7O4. The summed E-state index contributed by atoms with van der Waals surface area (Å²) in [6.07, 6.45) is -0.976. The minimum Gasteiger partial charge on any atom is -0.454 e. The fraction of sp³-hybridized carbons (Fsp3) is 0.750. The third kappa shape index (κ3) is 3.58. The lowest BCUT2D eigenvalue weighted by molar-refractivity contribution is 0.0483. The summed E-state index contributed by atoms with van der Waals surface area (Å²) in [6, 6.07) is 0. The second-order valence-corrected chi connectivity index (χ2v) is 1.23. The average Bonchev–Trinajstić information content (AvgIpc) is 1.83. The molecule has 4 nitrogen and oxygen atoms in total. The Kier molecular flexibility index (Phi) is 4.20. The monoisotopic (exact) mass is 119 g/mol. The van der Waals surface area contributed by atoms with Gasteiger partial charge in [0.05, 0.1) is 6.61 Å². The third-order valence-corrected chi connectivity index (χ3v) is 0.545. The fourth-order valence-electron chi connectivity index (χ4n) is 0.183. The number of rotatable bonds is 4. The molecule has 2 N–H and O–H groups in total. The highest BCUT2D eigenvalue weighted by molar-refractivity contribution is 5.38. The molecule has 47 valence electrons. The van der Waals surface area contributed by atoms with E-state index in [0.717, 1.165) is 6.47 Å². The maximum atomic E-state index is 9.29. The smallest absolute Gasteiger partial charge is 0.417 e. The molecule has 0 aliphatic heterocycles. The zero-order valence-corrected chi connectivity index (χ0v) is 4.20. The highest BCUT2D eigenvalue weighted by atomic mass is 16.5. The molecule has 0 fully saturated rings. The van der Waals surface area contributed by atoms with Crippen molar-refractivity contribution in [1.29, 1.82) is 0 Å². The molecule has 0 amide bonds. The Morgan fingerprint density at radius 2 is 2.38 bits per heavy atom. The number of aliphatic hydroxyl groups excluding tert-OH is 2. The van der Waals surface area contributed by atoms with E-state index in [1.807, 2.05) is 0 Å². The molecule has 0 rings (SSSR count). The Morgan fingerprint density at radius 3 is 2.75 bits per heavy atom. The summed E-state index contributed by atoms with van der Waals surface area (Å²) >= 11 is 0. The summed E-state index contributed by atoms with van der Waals surface area (Å²) in [5.41, 5.74) is 0. The van der Waals surface area contributed by atoms with Crippen LogP contribution in [-0.2, 0) is 9.53 Å². The molecule has 0 aliphatic rings. The molecule has 0 spiro atoms. The van der Waals surface area contributed by atoms with Crippen molar-refractivity contribution in [2.75, 3.05) is 13.2 Å². The van der Waals surface area contributed by atoms with Crippen LogP contribution < -0.4 is 0 Å². The Balaban J connectivity index is 2.97. The van der Waals surface area contributed by atoms with Crippen molar-refractivity contribution in [3.05, 3.63) is 0 Å². The van der Waals surface area contributed by atoms with E-state index in [1.54, 1.807) is 0 Å². The van der Waals surface area contributed by atoms with Gasteiger partial charge in [0.1, 0.15) is 12.7 Å². The van der Waals surface area contributed by atoms with Crippen molar-refractivity contribution in [1.82, 2.24) is 0 Å². The summed E-state index contributed by atoms with van der Waals surface area (Å²) in [5, 5.41) is 16.5. The first-order chi connectivity index (χ1) is 3.81. The van der Waals surface area contributed by atoms with Gasteiger partial charge in [0, 0.05) is 0 Å².